The Balaban J connectivity index is 2.16. The van der Waals surface area contributed by atoms with Crippen molar-refractivity contribution in [2.75, 3.05) is 0 Å². The van der Waals surface area contributed by atoms with Gasteiger partial charge in [-0.15, -0.1) is 0 Å². The maximum atomic E-state index is 11.1. The molecule has 94 valence electrons. The SMILES string of the molecule is O=S(=O)(Cl)Cc1cccc(C2CCCCC2)c1. The molecule has 0 aromatic heterocycles. The van der Waals surface area contributed by atoms with Crippen LogP contribution in [0, 0.1) is 0 Å². The van der Waals surface area contributed by atoms with Crippen LogP contribution in [0.5, 0.6) is 0 Å². The average Bonchev–Trinajstić information content (AvgIpc) is 2.28. The monoisotopic (exact) mass is 272 g/mol. The molecule has 1 fully saturated rings. The Hall–Kier alpha value is -0.540. The maximum absolute atomic E-state index is 11.1. The summed E-state index contributed by atoms with van der Waals surface area (Å²) in [5, 5.41) is 0. The first kappa shape index (κ1) is 12.9. The number of hydrogen-bond acceptors (Lipinski definition) is 2. The lowest BCUT2D eigenvalue weighted by atomic mass is 9.84. The normalized spacial score (nSPS) is 18.2. The van der Waals surface area contributed by atoms with Crippen molar-refractivity contribution in [3.8, 4) is 0 Å². The van der Waals surface area contributed by atoms with Crippen LogP contribution in [0.1, 0.15) is 49.1 Å². The van der Waals surface area contributed by atoms with Crippen LogP contribution in [0.3, 0.4) is 0 Å². The minimum absolute atomic E-state index is 0.0743. The average molecular weight is 273 g/mol. The molecule has 0 spiro atoms. The Morgan fingerprint density at radius 3 is 2.53 bits per heavy atom. The standard InChI is InChI=1S/C13H17ClO2S/c14-17(15,16)10-11-5-4-8-13(9-11)12-6-2-1-3-7-12/h4-5,8-9,12H,1-3,6-7,10H2. The van der Waals surface area contributed by atoms with E-state index in [4.69, 9.17) is 10.7 Å². The summed E-state index contributed by atoms with van der Waals surface area (Å²) in [6.07, 6.45) is 6.33. The quantitative estimate of drug-likeness (QED) is 0.784. The van der Waals surface area contributed by atoms with E-state index in [0.717, 1.165) is 5.56 Å². The summed E-state index contributed by atoms with van der Waals surface area (Å²) in [7, 11) is 1.83. The van der Waals surface area contributed by atoms with Crippen LogP contribution < -0.4 is 0 Å². The van der Waals surface area contributed by atoms with Crippen molar-refractivity contribution >= 4 is 19.7 Å². The van der Waals surface area contributed by atoms with Crippen LogP contribution in [0.2, 0.25) is 0 Å². The zero-order valence-corrected chi connectivity index (χ0v) is 11.3. The lowest BCUT2D eigenvalue weighted by molar-refractivity contribution is 0.443. The Morgan fingerprint density at radius 1 is 1.18 bits per heavy atom. The van der Waals surface area contributed by atoms with E-state index < -0.39 is 9.05 Å². The summed E-state index contributed by atoms with van der Waals surface area (Å²) in [5.41, 5.74) is 2.06. The van der Waals surface area contributed by atoms with E-state index in [1.165, 1.54) is 37.7 Å². The highest BCUT2D eigenvalue weighted by atomic mass is 35.7. The molecular formula is C13H17ClO2S. The van der Waals surface area contributed by atoms with Crippen molar-refractivity contribution < 1.29 is 8.42 Å². The molecule has 0 heterocycles. The van der Waals surface area contributed by atoms with E-state index in [9.17, 15) is 8.42 Å². The summed E-state index contributed by atoms with van der Waals surface area (Å²) in [4.78, 5) is 0. The zero-order chi connectivity index (χ0) is 12.3. The first-order valence-corrected chi connectivity index (χ1v) is 8.53. The van der Waals surface area contributed by atoms with Gasteiger partial charge in [0.15, 0.2) is 0 Å². The van der Waals surface area contributed by atoms with Gasteiger partial charge in [0.1, 0.15) is 0 Å². The largest absolute Gasteiger partial charge is 0.236 e. The van der Waals surface area contributed by atoms with E-state index in [1.807, 2.05) is 18.2 Å². The van der Waals surface area contributed by atoms with Crippen molar-refractivity contribution in [2.45, 2.75) is 43.8 Å². The molecule has 0 N–H and O–H groups in total. The highest BCUT2D eigenvalue weighted by molar-refractivity contribution is 8.13. The molecule has 0 radical (unpaired) electrons. The molecule has 0 bridgehead atoms. The molecule has 2 nitrogen and oxygen atoms in total. The molecule has 1 aliphatic carbocycles. The van der Waals surface area contributed by atoms with Gasteiger partial charge in [-0.2, -0.15) is 0 Å². The fourth-order valence-corrected chi connectivity index (χ4v) is 3.53. The Morgan fingerprint density at radius 2 is 1.88 bits per heavy atom. The van der Waals surface area contributed by atoms with Crippen molar-refractivity contribution in [3.63, 3.8) is 0 Å². The van der Waals surface area contributed by atoms with E-state index in [0.29, 0.717) is 5.92 Å². The van der Waals surface area contributed by atoms with Crippen molar-refractivity contribution in [1.29, 1.82) is 0 Å². The molecule has 1 aliphatic rings. The number of halogens is 1. The van der Waals surface area contributed by atoms with Gasteiger partial charge in [0.05, 0.1) is 5.75 Å². The van der Waals surface area contributed by atoms with Gasteiger partial charge in [-0.05, 0) is 29.9 Å². The molecule has 1 saturated carbocycles. The fraction of sp³-hybridized carbons (Fsp3) is 0.538. The summed E-state index contributed by atoms with van der Waals surface area (Å²) in [5.74, 6) is 0.525. The second-order valence-corrected chi connectivity index (χ2v) is 7.54. The van der Waals surface area contributed by atoms with E-state index in [-0.39, 0.29) is 5.75 Å². The van der Waals surface area contributed by atoms with Gasteiger partial charge in [0.25, 0.3) is 0 Å². The molecule has 0 amide bonds. The molecule has 0 saturated heterocycles. The predicted octanol–water partition coefficient (Wildman–Crippen LogP) is 3.80. The molecule has 1 aromatic carbocycles. The van der Waals surface area contributed by atoms with Crippen molar-refractivity contribution in [2.24, 2.45) is 0 Å². The van der Waals surface area contributed by atoms with Crippen molar-refractivity contribution in [1.82, 2.24) is 0 Å². The minimum Gasteiger partial charge on any atom is -0.212 e. The first-order valence-electron chi connectivity index (χ1n) is 6.06. The number of benzene rings is 1. The van der Waals surface area contributed by atoms with Gasteiger partial charge in [0.2, 0.25) is 9.05 Å². The molecule has 0 aliphatic heterocycles. The minimum atomic E-state index is -3.45. The van der Waals surface area contributed by atoms with E-state index in [1.54, 1.807) is 0 Å². The highest BCUT2D eigenvalue weighted by Crippen LogP contribution is 2.33. The van der Waals surface area contributed by atoms with E-state index >= 15 is 0 Å². The van der Waals surface area contributed by atoms with E-state index in [2.05, 4.69) is 6.07 Å². The third-order valence-electron chi connectivity index (χ3n) is 3.37. The second kappa shape index (κ2) is 5.40. The van der Waals surface area contributed by atoms with Gasteiger partial charge in [-0.1, -0.05) is 43.5 Å². The second-order valence-electron chi connectivity index (χ2n) is 4.76. The smallest absolute Gasteiger partial charge is 0.212 e. The number of rotatable bonds is 3. The molecule has 17 heavy (non-hydrogen) atoms. The summed E-state index contributed by atoms with van der Waals surface area (Å²) in [6, 6.07) is 7.85. The summed E-state index contributed by atoms with van der Waals surface area (Å²) >= 11 is 0. The molecule has 2 rings (SSSR count). The van der Waals surface area contributed by atoms with Gasteiger partial charge in [-0.3, -0.25) is 0 Å². The number of hydrogen-bond donors (Lipinski definition) is 0. The molecule has 0 atom stereocenters. The highest BCUT2D eigenvalue weighted by Gasteiger charge is 2.16. The first-order chi connectivity index (χ1) is 8.04. The van der Waals surface area contributed by atoms with Gasteiger partial charge in [0, 0.05) is 10.7 Å². The summed E-state index contributed by atoms with van der Waals surface area (Å²) < 4.78 is 22.1. The van der Waals surface area contributed by atoms with Crippen LogP contribution in [0.15, 0.2) is 24.3 Å². The van der Waals surface area contributed by atoms with Crippen LogP contribution in [0.4, 0.5) is 0 Å². The third kappa shape index (κ3) is 4.00. The van der Waals surface area contributed by atoms with Crippen LogP contribution in [-0.4, -0.2) is 8.42 Å². The molecule has 0 unspecified atom stereocenters. The van der Waals surface area contributed by atoms with Gasteiger partial charge in [-0.25, -0.2) is 8.42 Å². The molecular weight excluding hydrogens is 256 g/mol. The Bertz CT molecular complexity index is 476. The van der Waals surface area contributed by atoms with Crippen LogP contribution in [0.25, 0.3) is 0 Å². The Labute approximate surface area is 107 Å². The van der Waals surface area contributed by atoms with Gasteiger partial charge >= 0.3 is 0 Å². The maximum Gasteiger partial charge on any atom is 0.236 e. The lowest BCUT2D eigenvalue weighted by Crippen LogP contribution is -2.05. The summed E-state index contributed by atoms with van der Waals surface area (Å²) in [6.45, 7) is 0. The van der Waals surface area contributed by atoms with Crippen LogP contribution >= 0.6 is 10.7 Å². The molecule has 4 heteroatoms. The van der Waals surface area contributed by atoms with Gasteiger partial charge < -0.3 is 0 Å². The molecule has 1 aromatic rings. The predicted molar refractivity (Wildman–Crippen MR) is 70.7 cm³/mol. The van der Waals surface area contributed by atoms with Crippen molar-refractivity contribution in [3.05, 3.63) is 35.4 Å². The fourth-order valence-electron chi connectivity index (χ4n) is 2.57. The topological polar surface area (TPSA) is 34.1 Å². The Kier molecular flexibility index (Phi) is 4.10. The third-order valence-corrected chi connectivity index (χ3v) is 4.37. The van der Waals surface area contributed by atoms with Crippen LogP contribution in [-0.2, 0) is 14.8 Å². The lowest BCUT2D eigenvalue weighted by Gasteiger charge is -2.22. The zero-order valence-electron chi connectivity index (χ0n) is 9.73.